The number of hydrogen-bond acceptors (Lipinski definition) is 4. The molecule has 4 nitrogen and oxygen atoms in total. The highest BCUT2D eigenvalue weighted by Crippen LogP contribution is 2.35. The predicted molar refractivity (Wildman–Crippen MR) is 105 cm³/mol. The number of nitro groups is 1. The third kappa shape index (κ3) is 4.27. The molecule has 0 saturated carbocycles. The van der Waals surface area contributed by atoms with Crippen molar-refractivity contribution in [2.45, 2.75) is 15.5 Å². The topological polar surface area (TPSA) is 52.4 Å². The van der Waals surface area contributed by atoms with Gasteiger partial charge in [0.25, 0.3) is 5.69 Å². The molecule has 0 amide bonds. The number of benzene rings is 2. The molecule has 2 aromatic rings. The summed E-state index contributed by atoms with van der Waals surface area (Å²) < 4.78 is 33.6. The summed E-state index contributed by atoms with van der Waals surface area (Å²) in [4.78, 5) is 10.9. The van der Waals surface area contributed by atoms with Crippen molar-refractivity contribution in [3.8, 4) is 0 Å². The highest BCUT2D eigenvalue weighted by Gasteiger charge is 2.41. The molecule has 25 heavy (non-hydrogen) atoms. The lowest BCUT2D eigenvalue weighted by molar-refractivity contribution is -0.384. The Hall–Kier alpha value is -1.73. The normalized spacial score (nSPS) is 12.1. The summed E-state index contributed by atoms with van der Waals surface area (Å²) in [6.07, 6.45) is 0. The van der Waals surface area contributed by atoms with Crippen LogP contribution in [0.15, 0.2) is 47.4 Å². The average Bonchev–Trinajstić information content (AvgIpc) is 2.55. The maximum absolute atomic E-state index is 14.2. The van der Waals surface area contributed by atoms with Gasteiger partial charge >= 0.3 is 0 Å². The van der Waals surface area contributed by atoms with Crippen LogP contribution < -0.4 is 0 Å². The lowest BCUT2D eigenvalue weighted by Crippen LogP contribution is -2.55. The molecule has 2 aromatic carbocycles. The Bertz CT molecular complexity index is 790. The van der Waals surface area contributed by atoms with Crippen LogP contribution in [0.25, 0.3) is 0 Å². The lowest BCUT2D eigenvalue weighted by atomic mass is 9.33. The summed E-state index contributed by atoms with van der Waals surface area (Å²) in [5, 5.41) is 9.00. The molecule has 0 N–H and O–H groups in total. The van der Waals surface area contributed by atoms with Gasteiger partial charge in [-0.15, -0.1) is 0 Å². The van der Waals surface area contributed by atoms with Crippen molar-refractivity contribution in [3.05, 3.63) is 69.8 Å². The van der Waals surface area contributed by atoms with Gasteiger partial charge in [0.2, 0.25) is 0 Å². The number of nitro benzene ring substituents is 1. The van der Waals surface area contributed by atoms with E-state index in [0.29, 0.717) is 4.90 Å². The fourth-order valence-electron chi connectivity index (χ4n) is 2.18. The Balaban J connectivity index is 2.19. The Kier molecular flexibility index (Phi) is 5.68. The Morgan fingerprint density at radius 2 is 1.64 bits per heavy atom. The zero-order chi connectivity index (χ0) is 18.8. The fraction of sp³-hybridized carbons (Fsp3) is 0.143. The number of rotatable bonds is 6. The summed E-state index contributed by atoms with van der Waals surface area (Å²) >= 11 is 1.04. The van der Waals surface area contributed by atoms with Crippen molar-refractivity contribution in [1.82, 2.24) is 0 Å². The fourth-order valence-corrected chi connectivity index (χ4v) is 2.94. The first kappa shape index (κ1) is 19.6. The summed E-state index contributed by atoms with van der Waals surface area (Å²) in [5.74, 6) is -1.01. The number of halogens is 2. The van der Waals surface area contributed by atoms with Crippen LogP contribution in [0.2, 0.25) is 0 Å². The van der Waals surface area contributed by atoms with Gasteiger partial charge in [0, 0.05) is 34.5 Å². The molecule has 0 saturated heterocycles. The molecule has 0 unspecified atom stereocenters. The number of nitrogens with zero attached hydrogens (tertiary/aromatic N) is 1. The Morgan fingerprint density at radius 3 is 2.20 bits per heavy atom. The molecule has 0 atom stereocenters. The van der Waals surface area contributed by atoms with Gasteiger partial charge in [-0.3, -0.25) is 10.1 Å². The third-order valence-electron chi connectivity index (χ3n) is 4.50. The largest absolute Gasteiger partial charge is 0.322 e. The minimum atomic E-state index is -0.853. The molecule has 0 aliphatic carbocycles. The first-order valence-electron chi connectivity index (χ1n) is 7.60. The van der Waals surface area contributed by atoms with Gasteiger partial charge in [-0.25, -0.2) is 8.78 Å². The van der Waals surface area contributed by atoms with Gasteiger partial charge in [-0.05, 0) is 41.1 Å². The van der Waals surface area contributed by atoms with Gasteiger partial charge < -0.3 is 4.18 Å². The van der Waals surface area contributed by atoms with Gasteiger partial charge in [-0.1, -0.05) is 0 Å². The van der Waals surface area contributed by atoms with Crippen molar-refractivity contribution >= 4 is 49.1 Å². The second kappa shape index (κ2) is 7.25. The quantitative estimate of drug-likeness (QED) is 0.314. The number of hydrogen-bond donors (Lipinski definition) is 0. The maximum Gasteiger partial charge on any atom is 0.269 e. The van der Waals surface area contributed by atoms with Crippen LogP contribution in [0.3, 0.4) is 0 Å². The second-order valence-electron chi connectivity index (χ2n) is 6.68. The molecule has 2 rings (SSSR count). The minimum Gasteiger partial charge on any atom is -0.322 e. The van der Waals surface area contributed by atoms with Gasteiger partial charge in [-0.2, -0.15) is 0 Å². The van der Waals surface area contributed by atoms with Crippen molar-refractivity contribution in [1.29, 1.82) is 0 Å². The van der Waals surface area contributed by atoms with E-state index in [-0.39, 0.29) is 11.3 Å². The van der Waals surface area contributed by atoms with Crippen LogP contribution >= 0.6 is 12.0 Å². The lowest BCUT2D eigenvalue weighted by Gasteiger charge is -2.42. The van der Waals surface area contributed by atoms with E-state index in [1.165, 1.54) is 18.2 Å². The van der Waals surface area contributed by atoms with E-state index in [4.69, 9.17) is 4.18 Å². The molecule has 0 heterocycles. The zero-order valence-electron chi connectivity index (χ0n) is 14.4. The maximum atomic E-state index is 14.2. The van der Waals surface area contributed by atoms with Crippen molar-refractivity contribution < 1.29 is 17.9 Å². The van der Waals surface area contributed by atoms with Crippen LogP contribution in [0.5, 0.6) is 0 Å². The van der Waals surface area contributed by atoms with Crippen LogP contribution in [-0.4, -0.2) is 41.7 Å². The van der Waals surface area contributed by atoms with E-state index < -0.39 is 27.2 Å². The summed E-state index contributed by atoms with van der Waals surface area (Å²) in [6, 6.07) is 9.28. The van der Waals surface area contributed by atoms with E-state index in [1.807, 2.05) is 0 Å². The van der Waals surface area contributed by atoms with Gasteiger partial charge in [0.1, 0.15) is 43.0 Å². The predicted octanol–water partition coefficient (Wildman–Crippen LogP) is -0.0641. The summed E-state index contributed by atoms with van der Waals surface area (Å²) in [5.41, 5.74) is 0.215. The Morgan fingerprint density at radius 1 is 1.04 bits per heavy atom. The highest BCUT2D eigenvalue weighted by atomic mass is 32.2. The van der Waals surface area contributed by atoms with E-state index in [2.05, 4.69) is 0 Å². The standard InChI is InChI=1S/C14H15B4F2NO3S/c15-13(16,11-7-8(19)1-6-12(11)20)14(17,18)24-25-10-4-2-9(3-5-10)21(22)23/h1-7H,15-18H2. The molecule has 0 bridgehead atoms. The van der Waals surface area contributed by atoms with Gasteiger partial charge in [0.15, 0.2) is 0 Å². The highest BCUT2D eigenvalue weighted by molar-refractivity contribution is 7.94. The van der Waals surface area contributed by atoms with Crippen LogP contribution in [-0.2, 0) is 9.40 Å². The molecule has 0 aliphatic heterocycles. The summed E-state index contributed by atoms with van der Waals surface area (Å²) in [7, 11) is 7.13. The molecular formula is C14H15B4F2NO3S. The molecule has 0 spiro atoms. The van der Waals surface area contributed by atoms with E-state index in [9.17, 15) is 18.9 Å². The molecule has 126 valence electrons. The SMILES string of the molecule is BC(B)(OSc1ccc([N+](=O)[O-])cc1)C(B)(B)c1cc(F)ccc1F. The molecule has 0 aliphatic rings. The van der Waals surface area contributed by atoms with Gasteiger partial charge in [0.05, 0.1) is 4.92 Å². The first-order valence-corrected chi connectivity index (χ1v) is 8.34. The van der Waals surface area contributed by atoms with E-state index in [0.717, 1.165) is 24.2 Å². The molecule has 0 fully saturated rings. The minimum absolute atomic E-state index is 0.00854. The Labute approximate surface area is 152 Å². The molecular weight excluding hydrogens is 343 g/mol. The van der Waals surface area contributed by atoms with Crippen molar-refractivity contribution in [2.75, 3.05) is 0 Å². The number of non-ortho nitro benzene ring substituents is 1. The van der Waals surface area contributed by atoms with Crippen LogP contribution in [0, 0.1) is 21.7 Å². The van der Waals surface area contributed by atoms with Crippen LogP contribution in [0.1, 0.15) is 5.56 Å². The van der Waals surface area contributed by atoms with E-state index >= 15 is 0 Å². The second-order valence-corrected chi connectivity index (χ2v) is 7.48. The van der Waals surface area contributed by atoms with Crippen molar-refractivity contribution in [2.24, 2.45) is 0 Å². The van der Waals surface area contributed by atoms with Crippen LogP contribution in [0.4, 0.5) is 14.5 Å². The van der Waals surface area contributed by atoms with Crippen molar-refractivity contribution in [3.63, 3.8) is 0 Å². The zero-order valence-corrected chi connectivity index (χ0v) is 15.2. The third-order valence-corrected chi connectivity index (χ3v) is 5.47. The average molecular weight is 359 g/mol. The monoisotopic (exact) mass is 359 g/mol. The summed E-state index contributed by atoms with van der Waals surface area (Å²) in [6.45, 7) is 0. The molecule has 0 radical (unpaired) electrons. The smallest absolute Gasteiger partial charge is 0.269 e. The van der Waals surface area contributed by atoms with E-state index in [1.54, 1.807) is 43.5 Å². The molecule has 11 heteroatoms. The molecule has 0 aromatic heterocycles. The first-order chi connectivity index (χ1) is 11.5.